The Kier molecular flexibility index (Phi) is 5.60. The molecule has 0 heterocycles. The molecule has 132 valence electrons. The molecule has 0 bridgehead atoms. The third kappa shape index (κ3) is 4.95. The van der Waals surface area contributed by atoms with E-state index in [2.05, 4.69) is 10.0 Å². The first kappa shape index (κ1) is 18.3. The first-order chi connectivity index (χ1) is 11.8. The van der Waals surface area contributed by atoms with Crippen LogP contribution in [-0.4, -0.2) is 27.0 Å². The molecular formula is C16H17N3O5S. The number of nitrogens with one attached hydrogen (secondary N) is 2. The molecule has 0 fully saturated rings. The van der Waals surface area contributed by atoms with Crippen LogP contribution in [0.5, 0.6) is 0 Å². The van der Waals surface area contributed by atoms with Crippen molar-refractivity contribution in [1.29, 1.82) is 0 Å². The molecule has 0 aliphatic carbocycles. The number of ether oxygens (including phenoxy) is 1. The van der Waals surface area contributed by atoms with Gasteiger partial charge in [-0.1, -0.05) is 0 Å². The lowest BCUT2D eigenvalue weighted by molar-refractivity contribution is 0.1000. The van der Waals surface area contributed by atoms with Crippen molar-refractivity contribution in [2.24, 2.45) is 5.73 Å². The second-order valence-corrected chi connectivity index (χ2v) is 6.60. The molecule has 25 heavy (non-hydrogen) atoms. The van der Waals surface area contributed by atoms with Gasteiger partial charge < -0.3 is 10.5 Å². The number of anilines is 2. The number of hydrogen-bond donors (Lipinski definition) is 3. The molecular weight excluding hydrogens is 346 g/mol. The van der Waals surface area contributed by atoms with Gasteiger partial charge in [-0.15, -0.1) is 0 Å². The van der Waals surface area contributed by atoms with Crippen molar-refractivity contribution < 1.29 is 22.7 Å². The van der Waals surface area contributed by atoms with E-state index < -0.39 is 22.0 Å². The second-order valence-electron chi connectivity index (χ2n) is 4.92. The van der Waals surface area contributed by atoms with Gasteiger partial charge in [0.15, 0.2) is 0 Å². The molecule has 0 saturated heterocycles. The molecule has 0 aliphatic heterocycles. The van der Waals surface area contributed by atoms with E-state index in [0.717, 1.165) is 0 Å². The standard InChI is InChI=1S/C16H17N3O5S/c1-2-24-16(21)18-12-7-9-14(10-8-12)25(22,23)19-13-5-3-11(4-6-13)15(17)20/h3-10,19H,2H2,1H3,(H2,17,20)(H,18,21). The van der Waals surface area contributed by atoms with Crippen LogP contribution in [0.15, 0.2) is 53.4 Å². The van der Waals surface area contributed by atoms with Crippen LogP contribution in [0.3, 0.4) is 0 Å². The van der Waals surface area contributed by atoms with E-state index in [9.17, 15) is 18.0 Å². The third-order valence-electron chi connectivity index (χ3n) is 3.11. The largest absolute Gasteiger partial charge is 0.450 e. The number of primary amides is 1. The van der Waals surface area contributed by atoms with Crippen molar-refractivity contribution in [3.63, 3.8) is 0 Å². The molecule has 2 amide bonds. The molecule has 0 unspecified atom stereocenters. The van der Waals surface area contributed by atoms with Crippen LogP contribution in [0.1, 0.15) is 17.3 Å². The zero-order valence-corrected chi connectivity index (χ0v) is 14.2. The number of nitrogens with two attached hydrogens (primary N) is 1. The van der Waals surface area contributed by atoms with Gasteiger partial charge in [-0.3, -0.25) is 14.8 Å². The summed E-state index contributed by atoms with van der Waals surface area (Å²) in [6, 6.07) is 11.3. The molecule has 2 aromatic rings. The minimum atomic E-state index is -3.81. The normalized spacial score (nSPS) is 10.8. The number of amides is 2. The van der Waals surface area contributed by atoms with Gasteiger partial charge in [0.05, 0.1) is 11.5 Å². The van der Waals surface area contributed by atoms with E-state index in [4.69, 9.17) is 10.5 Å². The lowest BCUT2D eigenvalue weighted by Gasteiger charge is -2.10. The van der Waals surface area contributed by atoms with E-state index in [1.807, 2.05) is 0 Å². The van der Waals surface area contributed by atoms with E-state index in [1.54, 1.807) is 6.92 Å². The van der Waals surface area contributed by atoms with E-state index in [0.29, 0.717) is 11.4 Å². The summed E-state index contributed by atoms with van der Waals surface area (Å²) in [6.07, 6.45) is -0.620. The number of carbonyl (C=O) groups is 2. The number of carbonyl (C=O) groups excluding carboxylic acids is 2. The van der Waals surface area contributed by atoms with Crippen molar-refractivity contribution >= 4 is 33.4 Å². The Balaban J connectivity index is 2.11. The highest BCUT2D eigenvalue weighted by molar-refractivity contribution is 7.92. The number of rotatable bonds is 6. The van der Waals surface area contributed by atoms with Gasteiger partial charge in [0.1, 0.15) is 0 Å². The summed E-state index contributed by atoms with van der Waals surface area (Å²) in [6.45, 7) is 1.91. The fraction of sp³-hybridized carbons (Fsp3) is 0.125. The summed E-state index contributed by atoms with van der Waals surface area (Å²) >= 11 is 0. The predicted molar refractivity (Wildman–Crippen MR) is 92.9 cm³/mol. The van der Waals surface area contributed by atoms with Gasteiger partial charge in [0.25, 0.3) is 10.0 Å². The average Bonchev–Trinajstić information content (AvgIpc) is 2.55. The summed E-state index contributed by atoms with van der Waals surface area (Å²) in [4.78, 5) is 22.3. The van der Waals surface area contributed by atoms with Gasteiger partial charge >= 0.3 is 6.09 Å². The highest BCUT2D eigenvalue weighted by Gasteiger charge is 2.14. The van der Waals surface area contributed by atoms with E-state index in [1.165, 1.54) is 48.5 Å². The Morgan fingerprint density at radius 1 is 1.00 bits per heavy atom. The van der Waals surface area contributed by atoms with Crippen molar-refractivity contribution in [3.05, 3.63) is 54.1 Å². The van der Waals surface area contributed by atoms with Crippen LogP contribution in [0.2, 0.25) is 0 Å². The molecule has 0 spiro atoms. The lowest BCUT2D eigenvalue weighted by Crippen LogP contribution is -2.15. The predicted octanol–water partition coefficient (Wildman–Crippen LogP) is 2.15. The van der Waals surface area contributed by atoms with Gasteiger partial charge in [-0.2, -0.15) is 0 Å². The lowest BCUT2D eigenvalue weighted by atomic mass is 10.2. The zero-order valence-electron chi connectivity index (χ0n) is 13.4. The molecule has 0 aliphatic rings. The van der Waals surface area contributed by atoms with Crippen molar-refractivity contribution in [2.75, 3.05) is 16.6 Å². The molecule has 0 saturated carbocycles. The van der Waals surface area contributed by atoms with Crippen LogP contribution in [0.25, 0.3) is 0 Å². The second kappa shape index (κ2) is 7.67. The number of hydrogen-bond acceptors (Lipinski definition) is 5. The Morgan fingerprint density at radius 2 is 1.56 bits per heavy atom. The number of benzene rings is 2. The quantitative estimate of drug-likeness (QED) is 0.724. The topological polar surface area (TPSA) is 128 Å². The summed E-state index contributed by atoms with van der Waals surface area (Å²) in [5, 5.41) is 2.47. The fourth-order valence-electron chi connectivity index (χ4n) is 1.92. The number of sulfonamides is 1. The zero-order chi connectivity index (χ0) is 18.4. The summed E-state index contributed by atoms with van der Waals surface area (Å²) < 4.78 is 31.8. The SMILES string of the molecule is CCOC(=O)Nc1ccc(S(=O)(=O)Nc2ccc(C(N)=O)cc2)cc1. The van der Waals surface area contributed by atoms with Crippen molar-refractivity contribution in [2.45, 2.75) is 11.8 Å². The summed E-state index contributed by atoms with van der Waals surface area (Å²) in [7, 11) is -3.81. The molecule has 8 nitrogen and oxygen atoms in total. The molecule has 4 N–H and O–H groups in total. The Labute approximate surface area is 145 Å². The average molecular weight is 363 g/mol. The Bertz CT molecular complexity index is 862. The first-order valence-electron chi connectivity index (χ1n) is 7.28. The van der Waals surface area contributed by atoms with Crippen LogP contribution in [-0.2, 0) is 14.8 Å². The van der Waals surface area contributed by atoms with E-state index in [-0.39, 0.29) is 17.1 Å². The monoisotopic (exact) mass is 363 g/mol. The molecule has 0 aromatic heterocycles. The van der Waals surface area contributed by atoms with Gasteiger partial charge in [0.2, 0.25) is 5.91 Å². The fourth-order valence-corrected chi connectivity index (χ4v) is 2.98. The van der Waals surface area contributed by atoms with Crippen LogP contribution < -0.4 is 15.8 Å². The maximum atomic E-state index is 12.3. The summed E-state index contributed by atoms with van der Waals surface area (Å²) in [5.74, 6) is -0.598. The molecule has 2 rings (SSSR count). The summed E-state index contributed by atoms with van der Waals surface area (Å²) in [5.41, 5.74) is 6.10. The molecule has 0 atom stereocenters. The third-order valence-corrected chi connectivity index (χ3v) is 4.51. The van der Waals surface area contributed by atoms with E-state index >= 15 is 0 Å². The van der Waals surface area contributed by atoms with Crippen LogP contribution in [0.4, 0.5) is 16.2 Å². The van der Waals surface area contributed by atoms with Crippen molar-refractivity contribution in [3.8, 4) is 0 Å². The maximum absolute atomic E-state index is 12.3. The van der Waals surface area contributed by atoms with Crippen molar-refractivity contribution in [1.82, 2.24) is 0 Å². The van der Waals surface area contributed by atoms with Gasteiger partial charge in [-0.05, 0) is 55.5 Å². The molecule has 0 radical (unpaired) electrons. The minimum Gasteiger partial charge on any atom is -0.450 e. The van der Waals surface area contributed by atoms with Gasteiger partial charge in [-0.25, -0.2) is 13.2 Å². The van der Waals surface area contributed by atoms with Crippen LogP contribution >= 0.6 is 0 Å². The maximum Gasteiger partial charge on any atom is 0.411 e. The molecule has 9 heteroatoms. The smallest absolute Gasteiger partial charge is 0.411 e. The highest BCUT2D eigenvalue weighted by atomic mass is 32.2. The highest BCUT2D eigenvalue weighted by Crippen LogP contribution is 2.19. The van der Waals surface area contributed by atoms with Crippen LogP contribution in [0, 0.1) is 0 Å². The first-order valence-corrected chi connectivity index (χ1v) is 8.76. The Morgan fingerprint density at radius 3 is 2.08 bits per heavy atom. The Hall–Kier alpha value is -3.07. The molecule has 2 aromatic carbocycles. The van der Waals surface area contributed by atoms with Gasteiger partial charge in [0, 0.05) is 16.9 Å². The minimum absolute atomic E-state index is 0.0147.